The first kappa shape index (κ1) is 13.5. The van der Waals surface area contributed by atoms with Crippen LogP contribution in [0.5, 0.6) is 0 Å². The van der Waals surface area contributed by atoms with Gasteiger partial charge in [-0.05, 0) is 47.9 Å². The standard InChI is InChI=1S/C14H10BrClF2/c15-13-6-5-11(18)8-12(13)14(16)7-9-1-3-10(17)4-2-9/h1-6,8,14H,7H2. The smallest absolute Gasteiger partial charge is 0.123 e. The summed E-state index contributed by atoms with van der Waals surface area (Å²) in [5.74, 6) is -0.602. The summed E-state index contributed by atoms with van der Waals surface area (Å²) in [4.78, 5) is 0. The lowest BCUT2D eigenvalue weighted by atomic mass is 10.0. The van der Waals surface area contributed by atoms with E-state index in [1.807, 2.05) is 0 Å². The molecule has 0 N–H and O–H groups in total. The van der Waals surface area contributed by atoms with E-state index < -0.39 is 0 Å². The largest absolute Gasteiger partial charge is 0.207 e. The molecule has 0 nitrogen and oxygen atoms in total. The second-order valence-corrected chi connectivity index (χ2v) is 5.35. The molecule has 2 rings (SSSR count). The van der Waals surface area contributed by atoms with Crippen molar-refractivity contribution in [2.45, 2.75) is 11.8 Å². The maximum absolute atomic E-state index is 13.2. The van der Waals surface area contributed by atoms with Gasteiger partial charge in [0.25, 0.3) is 0 Å². The molecule has 2 aromatic carbocycles. The van der Waals surface area contributed by atoms with Gasteiger partial charge in [0.15, 0.2) is 0 Å². The lowest BCUT2D eigenvalue weighted by Gasteiger charge is -2.12. The van der Waals surface area contributed by atoms with Gasteiger partial charge in [0, 0.05) is 4.47 Å². The third kappa shape index (κ3) is 3.30. The average molecular weight is 332 g/mol. The molecule has 1 unspecified atom stereocenters. The predicted octanol–water partition coefficient (Wildman–Crippen LogP) is 5.25. The molecule has 18 heavy (non-hydrogen) atoms. The molecule has 1 atom stereocenters. The van der Waals surface area contributed by atoms with Crippen LogP contribution in [0.15, 0.2) is 46.9 Å². The van der Waals surface area contributed by atoms with Gasteiger partial charge in [0.05, 0.1) is 5.38 Å². The summed E-state index contributed by atoms with van der Waals surface area (Å²) in [5.41, 5.74) is 1.61. The van der Waals surface area contributed by atoms with Crippen molar-refractivity contribution >= 4 is 27.5 Å². The summed E-state index contributed by atoms with van der Waals surface area (Å²) >= 11 is 9.61. The first-order valence-electron chi connectivity index (χ1n) is 5.40. The minimum atomic E-state index is -0.361. The van der Waals surface area contributed by atoms with E-state index in [9.17, 15) is 8.78 Å². The first-order chi connectivity index (χ1) is 8.56. The Kier molecular flexibility index (Phi) is 4.36. The maximum atomic E-state index is 13.2. The van der Waals surface area contributed by atoms with Crippen molar-refractivity contribution in [1.29, 1.82) is 0 Å². The highest BCUT2D eigenvalue weighted by molar-refractivity contribution is 9.10. The van der Waals surface area contributed by atoms with Gasteiger partial charge in [0.1, 0.15) is 11.6 Å². The van der Waals surface area contributed by atoms with Crippen molar-refractivity contribution in [3.05, 3.63) is 69.7 Å². The zero-order chi connectivity index (χ0) is 13.1. The van der Waals surface area contributed by atoms with Crippen LogP contribution in [0.4, 0.5) is 8.78 Å². The van der Waals surface area contributed by atoms with E-state index >= 15 is 0 Å². The van der Waals surface area contributed by atoms with Gasteiger partial charge in [-0.1, -0.05) is 28.1 Å². The van der Waals surface area contributed by atoms with E-state index in [-0.39, 0.29) is 17.0 Å². The van der Waals surface area contributed by atoms with Crippen molar-refractivity contribution in [3.8, 4) is 0 Å². The molecule has 0 saturated carbocycles. The third-order valence-electron chi connectivity index (χ3n) is 2.62. The number of hydrogen-bond donors (Lipinski definition) is 0. The van der Waals surface area contributed by atoms with Crippen LogP contribution in [0.2, 0.25) is 0 Å². The molecular weight excluding hydrogens is 322 g/mol. The summed E-state index contributed by atoms with van der Waals surface area (Å²) in [6.07, 6.45) is 0.518. The van der Waals surface area contributed by atoms with Crippen LogP contribution in [-0.4, -0.2) is 0 Å². The number of hydrogen-bond acceptors (Lipinski definition) is 0. The number of rotatable bonds is 3. The Hall–Kier alpha value is -0.930. The third-order valence-corrected chi connectivity index (χ3v) is 3.74. The Morgan fingerprint density at radius 3 is 2.28 bits per heavy atom. The minimum absolute atomic E-state index is 0.281. The summed E-state index contributed by atoms with van der Waals surface area (Å²) in [7, 11) is 0. The van der Waals surface area contributed by atoms with Gasteiger partial charge in [-0.15, -0.1) is 11.6 Å². The van der Waals surface area contributed by atoms with Crippen LogP contribution in [-0.2, 0) is 6.42 Å². The molecule has 0 aliphatic heterocycles. The minimum Gasteiger partial charge on any atom is -0.207 e. The lowest BCUT2D eigenvalue weighted by molar-refractivity contribution is 0.624. The molecule has 0 bridgehead atoms. The highest BCUT2D eigenvalue weighted by Crippen LogP contribution is 2.31. The summed E-state index contributed by atoms with van der Waals surface area (Å²) in [5, 5.41) is -0.361. The monoisotopic (exact) mass is 330 g/mol. The van der Waals surface area contributed by atoms with E-state index in [1.54, 1.807) is 18.2 Å². The Morgan fingerprint density at radius 1 is 1.00 bits per heavy atom. The van der Waals surface area contributed by atoms with Crippen LogP contribution in [0.25, 0.3) is 0 Å². The highest BCUT2D eigenvalue weighted by atomic mass is 79.9. The molecule has 94 valence electrons. The van der Waals surface area contributed by atoms with Crippen molar-refractivity contribution < 1.29 is 8.78 Å². The SMILES string of the molecule is Fc1ccc(CC(Cl)c2cc(F)ccc2Br)cc1. The van der Waals surface area contributed by atoms with Crippen LogP contribution in [0.3, 0.4) is 0 Å². The molecular formula is C14H10BrClF2. The Bertz CT molecular complexity index is 540. The summed E-state index contributed by atoms with van der Waals surface area (Å²) in [6, 6.07) is 10.5. The Morgan fingerprint density at radius 2 is 1.61 bits per heavy atom. The van der Waals surface area contributed by atoms with Crippen LogP contribution in [0, 0.1) is 11.6 Å². The predicted molar refractivity (Wildman–Crippen MR) is 72.8 cm³/mol. The van der Waals surface area contributed by atoms with Crippen LogP contribution >= 0.6 is 27.5 Å². The second-order valence-electron chi connectivity index (χ2n) is 3.96. The fourth-order valence-electron chi connectivity index (χ4n) is 1.69. The summed E-state index contributed by atoms with van der Waals surface area (Å²) in [6.45, 7) is 0. The number of benzene rings is 2. The number of halogens is 4. The molecule has 2 aromatic rings. The van der Waals surface area contributed by atoms with Gasteiger partial charge in [-0.25, -0.2) is 8.78 Å². The van der Waals surface area contributed by atoms with Crippen molar-refractivity contribution in [1.82, 2.24) is 0 Å². The molecule has 0 heterocycles. The molecule has 4 heteroatoms. The van der Waals surface area contributed by atoms with Gasteiger partial charge in [-0.3, -0.25) is 0 Å². The fourth-order valence-corrected chi connectivity index (χ4v) is 2.71. The highest BCUT2D eigenvalue weighted by Gasteiger charge is 2.13. The molecule has 0 spiro atoms. The molecule has 0 saturated heterocycles. The van der Waals surface area contributed by atoms with E-state index in [4.69, 9.17) is 11.6 Å². The number of alkyl halides is 1. The topological polar surface area (TPSA) is 0 Å². The lowest BCUT2D eigenvalue weighted by Crippen LogP contribution is -1.98. The average Bonchev–Trinajstić information content (AvgIpc) is 2.35. The van der Waals surface area contributed by atoms with E-state index in [0.717, 1.165) is 10.0 Å². The van der Waals surface area contributed by atoms with Crippen molar-refractivity contribution in [2.24, 2.45) is 0 Å². The maximum Gasteiger partial charge on any atom is 0.123 e. The van der Waals surface area contributed by atoms with Gasteiger partial charge in [0.2, 0.25) is 0 Å². The van der Waals surface area contributed by atoms with Gasteiger partial charge in [-0.2, -0.15) is 0 Å². The molecule has 0 fully saturated rings. The molecule has 0 amide bonds. The van der Waals surface area contributed by atoms with Gasteiger partial charge >= 0.3 is 0 Å². The molecule has 0 radical (unpaired) electrons. The van der Waals surface area contributed by atoms with Crippen LogP contribution in [0.1, 0.15) is 16.5 Å². The second kappa shape index (κ2) is 5.81. The normalized spacial score (nSPS) is 12.4. The van der Waals surface area contributed by atoms with Gasteiger partial charge < -0.3 is 0 Å². The van der Waals surface area contributed by atoms with Crippen molar-refractivity contribution in [2.75, 3.05) is 0 Å². The Balaban J connectivity index is 2.18. The zero-order valence-electron chi connectivity index (χ0n) is 9.34. The molecule has 0 aliphatic rings. The first-order valence-corrected chi connectivity index (χ1v) is 6.62. The van der Waals surface area contributed by atoms with Crippen molar-refractivity contribution in [3.63, 3.8) is 0 Å². The zero-order valence-corrected chi connectivity index (χ0v) is 11.7. The molecule has 0 aromatic heterocycles. The Labute approximate surface area is 118 Å². The summed E-state index contributed by atoms with van der Waals surface area (Å²) < 4.78 is 26.7. The van der Waals surface area contributed by atoms with Crippen LogP contribution < -0.4 is 0 Å². The quantitative estimate of drug-likeness (QED) is 0.674. The van der Waals surface area contributed by atoms with E-state index in [2.05, 4.69) is 15.9 Å². The van der Waals surface area contributed by atoms with E-state index in [0.29, 0.717) is 12.0 Å². The molecule has 0 aliphatic carbocycles. The fraction of sp³-hybridized carbons (Fsp3) is 0.143. The van der Waals surface area contributed by atoms with E-state index in [1.165, 1.54) is 24.3 Å².